The summed E-state index contributed by atoms with van der Waals surface area (Å²) in [4.78, 5) is 0. The summed E-state index contributed by atoms with van der Waals surface area (Å²) < 4.78 is 6.31. The zero-order valence-electron chi connectivity index (χ0n) is 12.8. The molecular formula is C17H26BrNO. The van der Waals surface area contributed by atoms with Gasteiger partial charge in [-0.2, -0.15) is 0 Å². The largest absolute Gasteiger partial charge is 0.496 e. The molecule has 0 aliphatic heterocycles. The Hall–Kier alpha value is -0.540. The zero-order valence-corrected chi connectivity index (χ0v) is 14.4. The molecular weight excluding hydrogens is 314 g/mol. The predicted molar refractivity (Wildman–Crippen MR) is 88.1 cm³/mol. The average Bonchev–Trinajstić information content (AvgIpc) is 2.45. The minimum absolute atomic E-state index is 0.671. The molecule has 1 saturated carbocycles. The molecule has 2 rings (SSSR count). The van der Waals surface area contributed by atoms with Gasteiger partial charge in [0, 0.05) is 12.6 Å². The Kier molecular flexibility index (Phi) is 5.91. The Labute approximate surface area is 131 Å². The van der Waals surface area contributed by atoms with Gasteiger partial charge in [-0.25, -0.2) is 0 Å². The number of hydrogen-bond donors (Lipinski definition) is 1. The van der Waals surface area contributed by atoms with Crippen LogP contribution in [0, 0.1) is 11.8 Å². The lowest BCUT2D eigenvalue weighted by Crippen LogP contribution is -2.40. The minimum atomic E-state index is 0.671. The van der Waals surface area contributed by atoms with Gasteiger partial charge in [0.05, 0.1) is 11.6 Å². The Morgan fingerprint density at radius 3 is 2.70 bits per heavy atom. The molecule has 1 aliphatic carbocycles. The monoisotopic (exact) mass is 339 g/mol. The number of benzene rings is 1. The molecule has 2 unspecified atom stereocenters. The van der Waals surface area contributed by atoms with Crippen molar-refractivity contribution in [3.05, 3.63) is 28.2 Å². The van der Waals surface area contributed by atoms with Crippen molar-refractivity contribution >= 4 is 15.9 Å². The van der Waals surface area contributed by atoms with Crippen LogP contribution in [0.2, 0.25) is 0 Å². The molecule has 0 spiro atoms. The van der Waals surface area contributed by atoms with E-state index < -0.39 is 0 Å². The van der Waals surface area contributed by atoms with Crippen LogP contribution in [0.25, 0.3) is 0 Å². The summed E-state index contributed by atoms with van der Waals surface area (Å²) in [5.41, 5.74) is 1.31. The lowest BCUT2D eigenvalue weighted by molar-refractivity contribution is 0.204. The van der Waals surface area contributed by atoms with Crippen molar-refractivity contribution in [1.82, 2.24) is 5.32 Å². The summed E-state index contributed by atoms with van der Waals surface area (Å²) in [5, 5.41) is 3.77. The lowest BCUT2D eigenvalue weighted by atomic mass is 9.78. The minimum Gasteiger partial charge on any atom is -0.496 e. The van der Waals surface area contributed by atoms with E-state index >= 15 is 0 Å². The van der Waals surface area contributed by atoms with Crippen LogP contribution in [-0.4, -0.2) is 13.2 Å². The summed E-state index contributed by atoms with van der Waals surface area (Å²) >= 11 is 3.56. The summed E-state index contributed by atoms with van der Waals surface area (Å²) in [5.74, 6) is 2.49. The van der Waals surface area contributed by atoms with Gasteiger partial charge in [0.2, 0.25) is 0 Å². The van der Waals surface area contributed by atoms with E-state index in [0.717, 1.165) is 28.6 Å². The third-order valence-corrected chi connectivity index (χ3v) is 5.08. The van der Waals surface area contributed by atoms with Crippen molar-refractivity contribution in [2.45, 2.75) is 52.1 Å². The van der Waals surface area contributed by atoms with Gasteiger partial charge < -0.3 is 10.1 Å². The molecule has 0 aromatic heterocycles. The van der Waals surface area contributed by atoms with Crippen LogP contribution in [0.1, 0.15) is 45.1 Å². The first-order valence-corrected chi connectivity index (χ1v) is 8.47. The van der Waals surface area contributed by atoms with Crippen molar-refractivity contribution in [1.29, 1.82) is 0 Å². The van der Waals surface area contributed by atoms with Gasteiger partial charge in [-0.1, -0.05) is 32.8 Å². The van der Waals surface area contributed by atoms with E-state index in [-0.39, 0.29) is 0 Å². The molecule has 1 aromatic rings. The second-order valence-corrected chi connectivity index (χ2v) is 7.00. The van der Waals surface area contributed by atoms with Gasteiger partial charge in [0.15, 0.2) is 0 Å². The molecule has 0 amide bonds. The van der Waals surface area contributed by atoms with Gasteiger partial charge in [-0.15, -0.1) is 0 Å². The second kappa shape index (κ2) is 7.46. The van der Waals surface area contributed by atoms with E-state index in [0.29, 0.717) is 6.04 Å². The summed E-state index contributed by atoms with van der Waals surface area (Å²) in [6.07, 6.45) is 5.46. The number of hydrogen-bond acceptors (Lipinski definition) is 2. The van der Waals surface area contributed by atoms with E-state index in [9.17, 15) is 0 Å². The van der Waals surface area contributed by atoms with Crippen LogP contribution >= 0.6 is 15.9 Å². The van der Waals surface area contributed by atoms with E-state index in [1.807, 2.05) is 6.07 Å². The highest BCUT2D eigenvalue weighted by atomic mass is 79.9. The van der Waals surface area contributed by atoms with Gasteiger partial charge >= 0.3 is 0 Å². The normalized spacial score (nSPS) is 23.1. The first kappa shape index (κ1) is 15.8. The van der Waals surface area contributed by atoms with Crippen molar-refractivity contribution in [3.8, 4) is 5.75 Å². The van der Waals surface area contributed by atoms with Gasteiger partial charge in [0.25, 0.3) is 0 Å². The molecule has 0 bridgehead atoms. The van der Waals surface area contributed by atoms with Crippen molar-refractivity contribution in [2.75, 3.05) is 7.11 Å². The summed E-state index contributed by atoms with van der Waals surface area (Å²) in [7, 11) is 1.70. The van der Waals surface area contributed by atoms with E-state index in [1.54, 1.807) is 7.11 Å². The maximum absolute atomic E-state index is 5.28. The number of nitrogens with one attached hydrogen (secondary N) is 1. The summed E-state index contributed by atoms with van der Waals surface area (Å²) in [6.45, 7) is 5.65. The Balaban J connectivity index is 1.95. The number of ether oxygens (including phenoxy) is 1. The van der Waals surface area contributed by atoms with E-state index in [1.165, 1.54) is 31.2 Å². The SMILES string of the molecule is COc1ccc(CNC2CCCCC2C(C)C)cc1Br. The number of halogens is 1. The maximum atomic E-state index is 5.28. The zero-order chi connectivity index (χ0) is 14.5. The smallest absolute Gasteiger partial charge is 0.133 e. The van der Waals surface area contributed by atoms with Crippen molar-refractivity contribution in [3.63, 3.8) is 0 Å². The Morgan fingerprint density at radius 2 is 2.05 bits per heavy atom. The molecule has 0 radical (unpaired) electrons. The Morgan fingerprint density at radius 1 is 1.30 bits per heavy atom. The molecule has 1 aliphatic rings. The summed E-state index contributed by atoms with van der Waals surface area (Å²) in [6, 6.07) is 7.00. The predicted octanol–water partition coefficient (Wildman–Crippen LogP) is 4.76. The fraction of sp³-hybridized carbons (Fsp3) is 0.647. The van der Waals surface area contributed by atoms with Crippen LogP contribution in [0.5, 0.6) is 5.75 Å². The molecule has 112 valence electrons. The third-order valence-electron chi connectivity index (χ3n) is 4.46. The highest BCUT2D eigenvalue weighted by Crippen LogP contribution is 2.31. The maximum Gasteiger partial charge on any atom is 0.133 e. The van der Waals surface area contributed by atoms with Crippen LogP contribution in [0.15, 0.2) is 22.7 Å². The fourth-order valence-electron chi connectivity index (χ4n) is 3.28. The fourth-order valence-corrected chi connectivity index (χ4v) is 3.87. The quantitative estimate of drug-likeness (QED) is 0.834. The highest BCUT2D eigenvalue weighted by molar-refractivity contribution is 9.10. The van der Waals surface area contributed by atoms with Gasteiger partial charge in [-0.3, -0.25) is 0 Å². The van der Waals surface area contributed by atoms with Crippen LogP contribution in [-0.2, 0) is 6.54 Å². The third kappa shape index (κ3) is 3.98. The van der Waals surface area contributed by atoms with Crippen LogP contribution in [0.4, 0.5) is 0 Å². The first-order valence-electron chi connectivity index (χ1n) is 7.67. The standard InChI is InChI=1S/C17H26BrNO/c1-12(2)14-6-4-5-7-16(14)19-11-13-8-9-17(20-3)15(18)10-13/h8-10,12,14,16,19H,4-7,11H2,1-3H3. The molecule has 1 N–H and O–H groups in total. The lowest BCUT2D eigenvalue weighted by Gasteiger charge is -2.35. The molecule has 2 nitrogen and oxygen atoms in total. The highest BCUT2D eigenvalue weighted by Gasteiger charge is 2.26. The molecule has 0 saturated heterocycles. The number of methoxy groups -OCH3 is 1. The van der Waals surface area contributed by atoms with Crippen LogP contribution in [0.3, 0.4) is 0 Å². The van der Waals surface area contributed by atoms with E-state index in [2.05, 4.69) is 47.2 Å². The molecule has 2 atom stereocenters. The number of rotatable bonds is 5. The average molecular weight is 340 g/mol. The van der Waals surface area contributed by atoms with E-state index in [4.69, 9.17) is 4.74 Å². The Bertz CT molecular complexity index is 433. The van der Waals surface area contributed by atoms with Crippen LogP contribution < -0.4 is 10.1 Å². The second-order valence-electron chi connectivity index (χ2n) is 6.15. The van der Waals surface area contributed by atoms with Gasteiger partial charge in [0.1, 0.15) is 5.75 Å². The first-order chi connectivity index (χ1) is 9.61. The van der Waals surface area contributed by atoms with Crippen molar-refractivity contribution in [2.24, 2.45) is 11.8 Å². The molecule has 0 heterocycles. The molecule has 20 heavy (non-hydrogen) atoms. The topological polar surface area (TPSA) is 21.3 Å². The van der Waals surface area contributed by atoms with Gasteiger partial charge in [-0.05, 0) is 58.3 Å². The molecule has 1 fully saturated rings. The molecule has 1 aromatic carbocycles. The molecule has 3 heteroatoms. The van der Waals surface area contributed by atoms with Crippen molar-refractivity contribution < 1.29 is 4.74 Å².